The van der Waals surface area contributed by atoms with Crippen molar-refractivity contribution in [3.63, 3.8) is 0 Å². The lowest BCUT2D eigenvalue weighted by Crippen LogP contribution is -2.47. The number of carboxylic acids is 1. The highest BCUT2D eigenvalue weighted by Gasteiger charge is 2.22. The molecule has 1 atom stereocenters. The first-order valence-corrected chi connectivity index (χ1v) is 6.61. The molecule has 18 heavy (non-hydrogen) atoms. The van der Waals surface area contributed by atoms with E-state index in [1.807, 2.05) is 21.0 Å². The first kappa shape index (κ1) is 16.9. The van der Waals surface area contributed by atoms with Crippen LogP contribution in [0.2, 0.25) is 0 Å². The summed E-state index contributed by atoms with van der Waals surface area (Å²) in [5.74, 6) is -0.745. The lowest BCUT2D eigenvalue weighted by atomic mass is 10.1. The summed E-state index contributed by atoms with van der Waals surface area (Å²) in [4.78, 5) is 22.6. The van der Waals surface area contributed by atoms with E-state index in [-0.39, 0.29) is 18.4 Å². The summed E-state index contributed by atoms with van der Waals surface area (Å²) in [6.45, 7) is 3.99. The zero-order valence-corrected chi connectivity index (χ0v) is 12.0. The van der Waals surface area contributed by atoms with Gasteiger partial charge in [0.25, 0.3) is 0 Å². The molecule has 5 nitrogen and oxygen atoms in total. The van der Waals surface area contributed by atoms with Crippen LogP contribution in [0, 0.1) is 0 Å². The average molecular weight is 258 g/mol. The van der Waals surface area contributed by atoms with Crippen LogP contribution in [0.3, 0.4) is 0 Å². The molecule has 0 rings (SSSR count). The van der Waals surface area contributed by atoms with Crippen molar-refractivity contribution in [1.82, 2.24) is 10.0 Å². The van der Waals surface area contributed by atoms with Gasteiger partial charge < -0.3 is 5.11 Å². The van der Waals surface area contributed by atoms with E-state index in [1.165, 1.54) is 0 Å². The molecule has 0 aromatic rings. The molecule has 0 fully saturated rings. The van der Waals surface area contributed by atoms with E-state index < -0.39 is 5.97 Å². The van der Waals surface area contributed by atoms with Gasteiger partial charge in [-0.1, -0.05) is 19.8 Å². The highest BCUT2D eigenvalue weighted by Crippen LogP contribution is 2.12. The normalized spacial score (nSPS) is 12.5. The third-order valence-electron chi connectivity index (χ3n) is 2.87. The smallest absolute Gasteiger partial charge is 0.303 e. The number of amides is 1. The Morgan fingerprint density at radius 2 is 1.78 bits per heavy atom. The third-order valence-corrected chi connectivity index (χ3v) is 2.87. The van der Waals surface area contributed by atoms with Crippen molar-refractivity contribution < 1.29 is 14.7 Å². The fourth-order valence-electron chi connectivity index (χ4n) is 1.96. The molecule has 1 N–H and O–H groups in total. The molecule has 1 unspecified atom stereocenters. The molecule has 0 aliphatic rings. The number of hydrogen-bond acceptors (Lipinski definition) is 3. The molecule has 0 radical (unpaired) electrons. The molecule has 0 aliphatic carbocycles. The van der Waals surface area contributed by atoms with Gasteiger partial charge in [-0.25, -0.2) is 5.01 Å². The minimum atomic E-state index is -0.820. The first-order chi connectivity index (χ1) is 8.40. The summed E-state index contributed by atoms with van der Waals surface area (Å²) in [5.41, 5.74) is 0. The van der Waals surface area contributed by atoms with Gasteiger partial charge in [0.1, 0.15) is 0 Å². The number of carbonyl (C=O) groups excluding carboxylic acids is 1. The summed E-state index contributed by atoms with van der Waals surface area (Å²) in [7, 11) is 3.63. The largest absolute Gasteiger partial charge is 0.481 e. The van der Waals surface area contributed by atoms with Crippen LogP contribution in [0.25, 0.3) is 0 Å². The van der Waals surface area contributed by atoms with E-state index in [4.69, 9.17) is 5.11 Å². The molecule has 0 heterocycles. The Morgan fingerprint density at radius 3 is 2.22 bits per heavy atom. The van der Waals surface area contributed by atoms with Crippen LogP contribution in [0.15, 0.2) is 0 Å². The highest BCUT2D eigenvalue weighted by atomic mass is 16.4. The van der Waals surface area contributed by atoms with Gasteiger partial charge in [-0.2, -0.15) is 0 Å². The van der Waals surface area contributed by atoms with Crippen molar-refractivity contribution in [2.75, 3.05) is 14.1 Å². The van der Waals surface area contributed by atoms with Crippen LogP contribution in [0.5, 0.6) is 0 Å². The van der Waals surface area contributed by atoms with Crippen molar-refractivity contribution in [3.05, 3.63) is 0 Å². The summed E-state index contributed by atoms with van der Waals surface area (Å²) in [6.07, 6.45) is 4.13. The van der Waals surface area contributed by atoms with Crippen molar-refractivity contribution in [3.8, 4) is 0 Å². The maximum Gasteiger partial charge on any atom is 0.303 e. The van der Waals surface area contributed by atoms with Gasteiger partial charge in [0.15, 0.2) is 0 Å². The van der Waals surface area contributed by atoms with Crippen molar-refractivity contribution >= 4 is 11.9 Å². The number of nitrogens with zero attached hydrogens (tertiary/aromatic N) is 2. The van der Waals surface area contributed by atoms with E-state index >= 15 is 0 Å². The molecule has 1 amide bonds. The molecule has 0 saturated heterocycles. The van der Waals surface area contributed by atoms with E-state index in [0.29, 0.717) is 12.8 Å². The van der Waals surface area contributed by atoms with Crippen LogP contribution >= 0.6 is 0 Å². The minimum Gasteiger partial charge on any atom is -0.481 e. The first-order valence-electron chi connectivity index (χ1n) is 6.61. The van der Waals surface area contributed by atoms with Crippen LogP contribution in [-0.2, 0) is 9.59 Å². The van der Waals surface area contributed by atoms with E-state index in [9.17, 15) is 9.59 Å². The zero-order valence-electron chi connectivity index (χ0n) is 12.0. The average Bonchev–Trinajstić information content (AvgIpc) is 2.26. The van der Waals surface area contributed by atoms with Gasteiger partial charge in [-0.05, 0) is 19.8 Å². The van der Waals surface area contributed by atoms with Gasteiger partial charge in [-0.15, -0.1) is 0 Å². The number of hydrazine groups is 1. The number of rotatable bonds is 9. The summed E-state index contributed by atoms with van der Waals surface area (Å²) in [5, 5.41) is 12.1. The molecule has 0 aromatic heterocycles. The Kier molecular flexibility index (Phi) is 8.37. The predicted octanol–water partition coefficient (Wildman–Crippen LogP) is 2.13. The molecule has 0 aromatic carbocycles. The number of aliphatic carboxylic acids is 1. The monoisotopic (exact) mass is 258 g/mol. The minimum absolute atomic E-state index is 0.0753. The molecule has 0 saturated carbocycles. The van der Waals surface area contributed by atoms with Gasteiger partial charge >= 0.3 is 5.97 Å². The fourth-order valence-corrected chi connectivity index (χ4v) is 1.96. The van der Waals surface area contributed by atoms with Crippen LogP contribution in [-0.4, -0.2) is 47.1 Å². The van der Waals surface area contributed by atoms with Crippen LogP contribution in [0.1, 0.15) is 52.4 Å². The highest BCUT2D eigenvalue weighted by molar-refractivity contribution is 5.76. The molecule has 5 heteroatoms. The Balaban J connectivity index is 4.35. The van der Waals surface area contributed by atoms with Crippen molar-refractivity contribution in [1.29, 1.82) is 0 Å². The third kappa shape index (κ3) is 6.59. The summed E-state index contributed by atoms with van der Waals surface area (Å²) >= 11 is 0. The fraction of sp³-hybridized carbons (Fsp3) is 0.846. The molecule has 0 bridgehead atoms. The lowest BCUT2D eigenvalue weighted by Gasteiger charge is -2.34. The number of unbranched alkanes of at least 4 members (excludes halogenated alkanes) is 2. The molecule has 0 aliphatic heterocycles. The zero-order chi connectivity index (χ0) is 14.1. The Labute approximate surface area is 110 Å². The maximum atomic E-state index is 12.1. The summed E-state index contributed by atoms with van der Waals surface area (Å²) in [6, 6.07) is -0.0785. The van der Waals surface area contributed by atoms with Crippen molar-refractivity contribution in [2.45, 2.75) is 58.4 Å². The maximum absolute atomic E-state index is 12.1. The molecular formula is C13H26N2O3. The topological polar surface area (TPSA) is 60.9 Å². The molecule has 106 valence electrons. The van der Waals surface area contributed by atoms with Gasteiger partial charge in [0, 0.05) is 33.0 Å². The Bertz CT molecular complexity index is 267. The van der Waals surface area contributed by atoms with Crippen molar-refractivity contribution in [2.24, 2.45) is 0 Å². The second kappa shape index (κ2) is 8.91. The quantitative estimate of drug-likeness (QED) is 0.508. The van der Waals surface area contributed by atoms with E-state index in [1.54, 1.807) is 10.0 Å². The second-order valence-corrected chi connectivity index (χ2v) is 4.82. The number of carboxylic acid groups (broad SMARTS) is 1. The molecular weight excluding hydrogens is 232 g/mol. The predicted molar refractivity (Wildman–Crippen MR) is 71.0 cm³/mol. The standard InChI is InChI=1S/C13H26N2O3/c1-5-6-7-8-12(16)15(14(3)4)11(2)9-10-13(17)18/h11H,5-10H2,1-4H3,(H,17,18). The second-order valence-electron chi connectivity index (χ2n) is 4.82. The summed E-state index contributed by atoms with van der Waals surface area (Å²) < 4.78 is 0. The Hall–Kier alpha value is -1.10. The van der Waals surface area contributed by atoms with Gasteiger partial charge in [0.05, 0.1) is 0 Å². The number of carbonyl (C=O) groups is 2. The van der Waals surface area contributed by atoms with Gasteiger partial charge in [0.2, 0.25) is 5.91 Å². The van der Waals surface area contributed by atoms with Crippen LogP contribution in [0.4, 0.5) is 0 Å². The Morgan fingerprint density at radius 1 is 1.17 bits per heavy atom. The number of hydrogen-bond donors (Lipinski definition) is 1. The van der Waals surface area contributed by atoms with E-state index in [0.717, 1.165) is 19.3 Å². The van der Waals surface area contributed by atoms with Crippen LogP contribution < -0.4 is 0 Å². The molecule has 0 spiro atoms. The van der Waals surface area contributed by atoms with Gasteiger partial charge in [-0.3, -0.25) is 14.6 Å². The lowest BCUT2D eigenvalue weighted by molar-refractivity contribution is -0.151. The SMILES string of the molecule is CCCCCC(=O)N(C(C)CCC(=O)O)N(C)C. The van der Waals surface area contributed by atoms with E-state index in [2.05, 4.69) is 6.92 Å².